The highest BCUT2D eigenvalue weighted by Gasteiger charge is 2.16. The Bertz CT molecular complexity index is 1090. The zero-order chi connectivity index (χ0) is 20.4. The van der Waals surface area contributed by atoms with Crippen LogP contribution in [-0.4, -0.2) is 42.7 Å². The van der Waals surface area contributed by atoms with Crippen LogP contribution < -0.4 is 5.14 Å². The SMILES string of the molecule is NS(=O)(=O)c1ccc(-c2nn(CCN3CCCC3)cc2-c2ccc(F)cc2)cc1. The van der Waals surface area contributed by atoms with E-state index >= 15 is 0 Å². The molecule has 8 heteroatoms. The molecule has 0 atom stereocenters. The quantitative estimate of drug-likeness (QED) is 0.672. The minimum Gasteiger partial charge on any atom is -0.301 e. The maximum Gasteiger partial charge on any atom is 0.238 e. The van der Waals surface area contributed by atoms with Gasteiger partial charge < -0.3 is 4.90 Å². The van der Waals surface area contributed by atoms with Gasteiger partial charge in [-0.25, -0.2) is 17.9 Å². The summed E-state index contributed by atoms with van der Waals surface area (Å²) in [5, 5.41) is 9.94. The van der Waals surface area contributed by atoms with E-state index in [-0.39, 0.29) is 10.7 Å². The molecule has 4 rings (SSSR count). The van der Waals surface area contributed by atoms with Crippen LogP contribution in [0.2, 0.25) is 0 Å². The number of halogens is 1. The second kappa shape index (κ2) is 8.06. The predicted octanol–water partition coefficient (Wildman–Crippen LogP) is 3.10. The number of hydrogen-bond donors (Lipinski definition) is 1. The van der Waals surface area contributed by atoms with Crippen LogP contribution in [-0.2, 0) is 16.6 Å². The third-order valence-corrected chi connectivity index (χ3v) is 6.15. The Morgan fingerprint density at radius 3 is 2.17 bits per heavy atom. The fraction of sp³-hybridized carbons (Fsp3) is 0.286. The van der Waals surface area contributed by atoms with E-state index in [1.807, 2.05) is 10.9 Å². The van der Waals surface area contributed by atoms with E-state index in [1.165, 1.54) is 37.1 Å². The van der Waals surface area contributed by atoms with E-state index in [0.717, 1.165) is 48.6 Å². The maximum atomic E-state index is 13.4. The number of aromatic nitrogens is 2. The molecular formula is C21H23FN4O2S. The largest absolute Gasteiger partial charge is 0.301 e. The summed E-state index contributed by atoms with van der Waals surface area (Å²) in [4.78, 5) is 2.47. The number of nitrogens with two attached hydrogens (primary N) is 1. The van der Waals surface area contributed by atoms with Crippen LogP contribution >= 0.6 is 0 Å². The van der Waals surface area contributed by atoms with Crippen molar-refractivity contribution < 1.29 is 12.8 Å². The van der Waals surface area contributed by atoms with Gasteiger partial charge in [0, 0.05) is 23.9 Å². The van der Waals surface area contributed by atoms with E-state index < -0.39 is 10.0 Å². The van der Waals surface area contributed by atoms with Gasteiger partial charge in [0.2, 0.25) is 10.0 Å². The number of sulfonamides is 1. The molecule has 1 aromatic heterocycles. The van der Waals surface area contributed by atoms with Gasteiger partial charge in [0.1, 0.15) is 11.5 Å². The predicted molar refractivity (Wildman–Crippen MR) is 110 cm³/mol. The number of benzene rings is 2. The lowest BCUT2D eigenvalue weighted by Crippen LogP contribution is -2.24. The molecule has 1 saturated heterocycles. The van der Waals surface area contributed by atoms with Gasteiger partial charge in [-0.2, -0.15) is 5.10 Å². The van der Waals surface area contributed by atoms with E-state index in [4.69, 9.17) is 10.2 Å². The highest BCUT2D eigenvalue weighted by Crippen LogP contribution is 2.31. The summed E-state index contributed by atoms with van der Waals surface area (Å²) in [5.41, 5.74) is 3.22. The molecule has 0 bridgehead atoms. The van der Waals surface area contributed by atoms with Crippen LogP contribution in [0.3, 0.4) is 0 Å². The highest BCUT2D eigenvalue weighted by molar-refractivity contribution is 7.89. The van der Waals surface area contributed by atoms with Gasteiger partial charge in [0.15, 0.2) is 0 Å². The summed E-state index contributed by atoms with van der Waals surface area (Å²) in [6, 6.07) is 12.6. The Morgan fingerprint density at radius 1 is 0.931 bits per heavy atom. The molecule has 1 aliphatic heterocycles. The molecule has 0 amide bonds. The fourth-order valence-corrected chi connectivity index (χ4v) is 4.16. The van der Waals surface area contributed by atoms with Gasteiger partial charge in [0.05, 0.1) is 11.4 Å². The number of rotatable bonds is 6. The molecule has 0 spiro atoms. The zero-order valence-corrected chi connectivity index (χ0v) is 16.8. The van der Waals surface area contributed by atoms with Gasteiger partial charge in [0.25, 0.3) is 0 Å². The van der Waals surface area contributed by atoms with Crippen molar-refractivity contribution in [3.05, 3.63) is 60.5 Å². The Balaban J connectivity index is 1.69. The standard InChI is InChI=1S/C21H23FN4O2S/c22-18-7-3-16(4-8-18)20-15-26(14-13-25-11-1-2-12-25)24-21(20)17-5-9-19(10-6-17)29(23,27)28/h3-10,15H,1-2,11-14H2,(H2,23,27,28). The third kappa shape index (κ3) is 4.55. The van der Waals surface area contributed by atoms with Gasteiger partial charge in [-0.3, -0.25) is 4.68 Å². The number of primary sulfonamides is 1. The summed E-state index contributed by atoms with van der Waals surface area (Å²) in [6.07, 6.45) is 4.44. The van der Waals surface area contributed by atoms with Crippen LogP contribution in [0.15, 0.2) is 59.6 Å². The van der Waals surface area contributed by atoms with Gasteiger partial charge in [-0.15, -0.1) is 0 Å². The first-order valence-electron chi connectivity index (χ1n) is 9.59. The lowest BCUT2D eigenvalue weighted by Gasteiger charge is -2.13. The van der Waals surface area contributed by atoms with E-state index in [0.29, 0.717) is 0 Å². The van der Waals surface area contributed by atoms with Gasteiger partial charge >= 0.3 is 0 Å². The van der Waals surface area contributed by atoms with Gasteiger partial charge in [-0.05, 0) is 55.8 Å². The normalized spacial score (nSPS) is 15.1. The number of nitrogens with zero attached hydrogens (tertiary/aromatic N) is 3. The van der Waals surface area contributed by atoms with Crippen LogP contribution in [0.5, 0.6) is 0 Å². The van der Waals surface area contributed by atoms with Crippen molar-refractivity contribution in [3.8, 4) is 22.4 Å². The molecule has 2 aromatic carbocycles. The molecule has 1 fully saturated rings. The van der Waals surface area contributed by atoms with Crippen LogP contribution in [0.25, 0.3) is 22.4 Å². The van der Waals surface area contributed by atoms with Crippen molar-refractivity contribution in [3.63, 3.8) is 0 Å². The van der Waals surface area contributed by atoms with Crippen molar-refractivity contribution in [1.82, 2.24) is 14.7 Å². The van der Waals surface area contributed by atoms with E-state index in [2.05, 4.69) is 4.90 Å². The van der Waals surface area contributed by atoms with Crippen molar-refractivity contribution in [2.75, 3.05) is 19.6 Å². The molecule has 1 aliphatic rings. The number of likely N-dealkylation sites (tertiary alicyclic amines) is 1. The minimum absolute atomic E-state index is 0.0537. The first-order chi connectivity index (χ1) is 13.9. The summed E-state index contributed by atoms with van der Waals surface area (Å²) >= 11 is 0. The average Bonchev–Trinajstić information content (AvgIpc) is 3.36. The first-order valence-corrected chi connectivity index (χ1v) is 11.1. The Kier molecular flexibility index (Phi) is 5.49. The third-order valence-electron chi connectivity index (χ3n) is 5.22. The highest BCUT2D eigenvalue weighted by atomic mass is 32.2. The summed E-state index contributed by atoms with van der Waals surface area (Å²) in [5.74, 6) is -0.297. The molecule has 0 saturated carbocycles. The Morgan fingerprint density at radius 2 is 1.55 bits per heavy atom. The molecule has 2 heterocycles. The first kappa shape index (κ1) is 19.8. The molecule has 2 N–H and O–H groups in total. The topological polar surface area (TPSA) is 81.2 Å². The second-order valence-electron chi connectivity index (χ2n) is 7.28. The Labute approximate surface area is 169 Å². The van der Waals surface area contributed by atoms with Crippen molar-refractivity contribution in [1.29, 1.82) is 0 Å². The fourth-order valence-electron chi connectivity index (χ4n) is 3.64. The van der Waals surface area contributed by atoms with E-state index in [1.54, 1.807) is 24.3 Å². The smallest absolute Gasteiger partial charge is 0.238 e. The molecule has 6 nitrogen and oxygen atoms in total. The van der Waals surface area contributed by atoms with E-state index in [9.17, 15) is 12.8 Å². The lowest BCUT2D eigenvalue weighted by molar-refractivity contribution is 0.316. The molecule has 29 heavy (non-hydrogen) atoms. The monoisotopic (exact) mass is 414 g/mol. The van der Waals surface area contributed by atoms with Crippen LogP contribution in [0, 0.1) is 5.82 Å². The van der Waals surface area contributed by atoms with Crippen LogP contribution in [0.4, 0.5) is 4.39 Å². The minimum atomic E-state index is -3.75. The van der Waals surface area contributed by atoms with Crippen molar-refractivity contribution in [2.24, 2.45) is 5.14 Å². The summed E-state index contributed by atoms with van der Waals surface area (Å²) in [6.45, 7) is 3.92. The van der Waals surface area contributed by atoms with Crippen LogP contribution in [0.1, 0.15) is 12.8 Å². The average molecular weight is 415 g/mol. The number of hydrogen-bond acceptors (Lipinski definition) is 4. The molecule has 152 valence electrons. The molecule has 0 aliphatic carbocycles. The molecular weight excluding hydrogens is 391 g/mol. The molecule has 0 unspecified atom stereocenters. The van der Waals surface area contributed by atoms with Crippen molar-refractivity contribution >= 4 is 10.0 Å². The molecule has 3 aromatic rings. The molecule has 0 radical (unpaired) electrons. The van der Waals surface area contributed by atoms with Crippen molar-refractivity contribution in [2.45, 2.75) is 24.3 Å². The zero-order valence-electron chi connectivity index (χ0n) is 16.0. The Hall–Kier alpha value is -2.55. The van der Waals surface area contributed by atoms with Gasteiger partial charge in [-0.1, -0.05) is 24.3 Å². The summed E-state index contributed by atoms with van der Waals surface area (Å²) < 4.78 is 38.4. The maximum absolute atomic E-state index is 13.4. The summed E-state index contributed by atoms with van der Waals surface area (Å²) in [7, 11) is -3.75. The second-order valence-corrected chi connectivity index (χ2v) is 8.84. The lowest BCUT2D eigenvalue weighted by atomic mass is 10.0.